The molecule has 0 radical (unpaired) electrons. The normalized spacial score (nSPS) is 24.6. The second-order valence-corrected chi connectivity index (χ2v) is 2.91. The Balaban J connectivity index is 2.24. The van der Waals surface area contributed by atoms with Crippen LogP contribution in [0.3, 0.4) is 0 Å². The molecule has 0 N–H and O–H groups in total. The number of rotatable bonds is 3. The summed E-state index contributed by atoms with van der Waals surface area (Å²) in [6, 6.07) is 0. The lowest BCUT2D eigenvalue weighted by molar-refractivity contribution is 0.233. The van der Waals surface area contributed by atoms with Crippen molar-refractivity contribution >= 4 is 0 Å². The minimum absolute atomic E-state index is 0.666. The van der Waals surface area contributed by atoms with Crippen LogP contribution in [0.15, 0.2) is 24.3 Å². The predicted molar refractivity (Wildman–Crippen MR) is 47.5 cm³/mol. The van der Waals surface area contributed by atoms with Crippen molar-refractivity contribution in [3.05, 3.63) is 24.3 Å². The minimum Gasteiger partial charge on any atom is -0.381 e. The van der Waals surface area contributed by atoms with Gasteiger partial charge in [0.2, 0.25) is 0 Å². The van der Waals surface area contributed by atoms with Gasteiger partial charge in [-0.1, -0.05) is 24.3 Å². The molecule has 1 rings (SSSR count). The molecule has 0 spiro atoms. The molecule has 0 aromatic heterocycles. The van der Waals surface area contributed by atoms with Gasteiger partial charge in [-0.05, 0) is 25.2 Å². The van der Waals surface area contributed by atoms with E-state index in [-0.39, 0.29) is 0 Å². The molecule has 0 bridgehead atoms. The van der Waals surface area contributed by atoms with E-state index < -0.39 is 0 Å². The first-order chi connectivity index (χ1) is 5.43. The Morgan fingerprint density at radius 3 is 3.18 bits per heavy atom. The standard InChI is InChI=1S/C10H16O/c1-11-9-5-8-10-6-3-2-4-7-10/h3,5-6,8,10H,2,4,7,9H2,1H3/b8-5+. The average Bonchev–Trinajstić information content (AvgIpc) is 2.07. The van der Waals surface area contributed by atoms with Crippen LogP contribution >= 0.6 is 0 Å². The van der Waals surface area contributed by atoms with E-state index in [0.717, 1.165) is 6.61 Å². The lowest BCUT2D eigenvalue weighted by Gasteiger charge is -2.10. The van der Waals surface area contributed by atoms with E-state index >= 15 is 0 Å². The zero-order valence-corrected chi connectivity index (χ0v) is 7.12. The summed E-state index contributed by atoms with van der Waals surface area (Å²) in [5.41, 5.74) is 0. The highest BCUT2D eigenvalue weighted by molar-refractivity contribution is 5.03. The fourth-order valence-electron chi connectivity index (χ4n) is 1.33. The summed E-state index contributed by atoms with van der Waals surface area (Å²) in [5.74, 6) is 0.666. The summed E-state index contributed by atoms with van der Waals surface area (Å²) >= 11 is 0. The smallest absolute Gasteiger partial charge is 0.0643 e. The van der Waals surface area contributed by atoms with Gasteiger partial charge in [0, 0.05) is 7.11 Å². The van der Waals surface area contributed by atoms with Crippen LogP contribution in [0, 0.1) is 5.92 Å². The van der Waals surface area contributed by atoms with Crippen LogP contribution in [-0.2, 0) is 4.74 Å². The maximum absolute atomic E-state index is 4.92. The van der Waals surface area contributed by atoms with Gasteiger partial charge in [-0.2, -0.15) is 0 Å². The Morgan fingerprint density at radius 1 is 1.64 bits per heavy atom. The molecule has 1 aliphatic carbocycles. The summed E-state index contributed by atoms with van der Waals surface area (Å²) in [6.07, 6.45) is 12.8. The highest BCUT2D eigenvalue weighted by Crippen LogP contribution is 2.17. The first-order valence-electron chi connectivity index (χ1n) is 4.26. The van der Waals surface area contributed by atoms with E-state index in [1.807, 2.05) is 0 Å². The maximum Gasteiger partial charge on any atom is 0.0643 e. The molecule has 1 atom stereocenters. The van der Waals surface area contributed by atoms with Gasteiger partial charge in [-0.15, -0.1) is 0 Å². The second kappa shape index (κ2) is 5.14. The lowest BCUT2D eigenvalue weighted by atomic mass is 9.96. The quantitative estimate of drug-likeness (QED) is 0.565. The van der Waals surface area contributed by atoms with Crippen LogP contribution in [0.25, 0.3) is 0 Å². The molecule has 0 aliphatic heterocycles. The van der Waals surface area contributed by atoms with Crippen molar-refractivity contribution in [1.82, 2.24) is 0 Å². The summed E-state index contributed by atoms with van der Waals surface area (Å²) in [6.45, 7) is 0.740. The van der Waals surface area contributed by atoms with Gasteiger partial charge in [0.1, 0.15) is 0 Å². The molecular weight excluding hydrogens is 136 g/mol. The number of allylic oxidation sites excluding steroid dienone is 3. The topological polar surface area (TPSA) is 9.23 Å². The molecule has 0 fully saturated rings. The van der Waals surface area contributed by atoms with Crippen molar-refractivity contribution in [3.8, 4) is 0 Å². The third-order valence-corrected chi connectivity index (χ3v) is 1.94. The summed E-state index contributed by atoms with van der Waals surface area (Å²) < 4.78 is 4.92. The monoisotopic (exact) mass is 152 g/mol. The van der Waals surface area contributed by atoms with E-state index in [1.54, 1.807) is 7.11 Å². The lowest BCUT2D eigenvalue weighted by Crippen LogP contribution is -1.96. The highest BCUT2D eigenvalue weighted by Gasteiger charge is 2.02. The predicted octanol–water partition coefficient (Wildman–Crippen LogP) is 2.55. The molecule has 0 aromatic rings. The van der Waals surface area contributed by atoms with Gasteiger partial charge < -0.3 is 4.74 Å². The van der Waals surface area contributed by atoms with Crippen LogP contribution in [0.4, 0.5) is 0 Å². The molecule has 1 aliphatic rings. The molecule has 0 saturated carbocycles. The zero-order valence-electron chi connectivity index (χ0n) is 7.12. The first kappa shape index (κ1) is 8.54. The number of methoxy groups -OCH3 is 1. The summed E-state index contributed by atoms with van der Waals surface area (Å²) in [4.78, 5) is 0. The van der Waals surface area contributed by atoms with Crippen LogP contribution < -0.4 is 0 Å². The molecule has 0 saturated heterocycles. The Labute approximate surface area is 68.8 Å². The van der Waals surface area contributed by atoms with Crippen molar-refractivity contribution in [1.29, 1.82) is 0 Å². The molecule has 1 unspecified atom stereocenters. The molecular formula is C10H16O. The van der Waals surface area contributed by atoms with Gasteiger partial charge in [0.25, 0.3) is 0 Å². The van der Waals surface area contributed by atoms with E-state index in [0.29, 0.717) is 5.92 Å². The average molecular weight is 152 g/mol. The van der Waals surface area contributed by atoms with Crippen LogP contribution in [0.2, 0.25) is 0 Å². The summed E-state index contributed by atoms with van der Waals surface area (Å²) in [5, 5.41) is 0. The Kier molecular flexibility index (Phi) is 3.99. The van der Waals surface area contributed by atoms with Crippen LogP contribution in [0.5, 0.6) is 0 Å². The maximum atomic E-state index is 4.92. The zero-order chi connectivity index (χ0) is 7.94. The number of hydrogen-bond donors (Lipinski definition) is 0. The van der Waals surface area contributed by atoms with Crippen molar-refractivity contribution < 1.29 is 4.74 Å². The van der Waals surface area contributed by atoms with Crippen LogP contribution in [0.1, 0.15) is 19.3 Å². The summed E-state index contributed by atoms with van der Waals surface area (Å²) in [7, 11) is 1.72. The fourth-order valence-corrected chi connectivity index (χ4v) is 1.33. The molecule has 1 heteroatoms. The number of ether oxygens (including phenoxy) is 1. The highest BCUT2D eigenvalue weighted by atomic mass is 16.5. The van der Waals surface area contributed by atoms with Gasteiger partial charge in [-0.3, -0.25) is 0 Å². The van der Waals surface area contributed by atoms with E-state index in [9.17, 15) is 0 Å². The Hall–Kier alpha value is -0.560. The van der Waals surface area contributed by atoms with Crippen LogP contribution in [-0.4, -0.2) is 13.7 Å². The third-order valence-electron chi connectivity index (χ3n) is 1.94. The number of hydrogen-bond acceptors (Lipinski definition) is 1. The minimum atomic E-state index is 0.666. The largest absolute Gasteiger partial charge is 0.381 e. The van der Waals surface area contributed by atoms with Crippen molar-refractivity contribution in [2.45, 2.75) is 19.3 Å². The van der Waals surface area contributed by atoms with Crippen molar-refractivity contribution in [3.63, 3.8) is 0 Å². The van der Waals surface area contributed by atoms with Gasteiger partial charge in [0.15, 0.2) is 0 Å². The Morgan fingerprint density at radius 2 is 2.55 bits per heavy atom. The Bertz CT molecular complexity index is 147. The molecule has 62 valence electrons. The second-order valence-electron chi connectivity index (χ2n) is 2.91. The SMILES string of the molecule is COC/C=C/C1C=CCCC1. The fraction of sp³-hybridized carbons (Fsp3) is 0.600. The van der Waals surface area contributed by atoms with Crippen molar-refractivity contribution in [2.24, 2.45) is 5.92 Å². The molecule has 0 heterocycles. The first-order valence-corrected chi connectivity index (χ1v) is 4.26. The van der Waals surface area contributed by atoms with E-state index in [4.69, 9.17) is 4.74 Å². The van der Waals surface area contributed by atoms with E-state index in [1.165, 1.54) is 19.3 Å². The third kappa shape index (κ3) is 3.38. The molecule has 1 nitrogen and oxygen atoms in total. The molecule has 0 aromatic carbocycles. The molecule has 11 heavy (non-hydrogen) atoms. The van der Waals surface area contributed by atoms with Gasteiger partial charge >= 0.3 is 0 Å². The van der Waals surface area contributed by atoms with Gasteiger partial charge in [0.05, 0.1) is 6.61 Å². The van der Waals surface area contributed by atoms with E-state index in [2.05, 4.69) is 24.3 Å². The van der Waals surface area contributed by atoms with Crippen molar-refractivity contribution in [2.75, 3.05) is 13.7 Å². The van der Waals surface area contributed by atoms with Gasteiger partial charge in [-0.25, -0.2) is 0 Å². The molecule has 0 amide bonds.